The van der Waals surface area contributed by atoms with Crippen LogP contribution < -0.4 is 0 Å². The number of hydrogen-bond donors (Lipinski definition) is 0. The Morgan fingerprint density at radius 3 is 2.22 bits per heavy atom. The first-order valence-corrected chi connectivity index (χ1v) is 8.00. The van der Waals surface area contributed by atoms with Crippen LogP contribution in [-0.2, 0) is 14.3 Å². The van der Waals surface area contributed by atoms with Crippen LogP contribution in [0.3, 0.4) is 0 Å². The van der Waals surface area contributed by atoms with Gasteiger partial charge in [0.25, 0.3) is 0 Å². The molecule has 4 heteroatoms. The van der Waals surface area contributed by atoms with E-state index >= 15 is 0 Å². The van der Waals surface area contributed by atoms with E-state index in [0.717, 1.165) is 48.4 Å². The summed E-state index contributed by atoms with van der Waals surface area (Å²) in [7, 11) is 0. The maximum absolute atomic E-state index is 12.1. The summed E-state index contributed by atoms with van der Waals surface area (Å²) in [5.74, 6) is -0.642. The van der Waals surface area contributed by atoms with Gasteiger partial charge >= 0.3 is 11.9 Å². The SMILES string of the molecule is C=CC(=O)OCCCCCCOC(=O)c1cc(C)cc(C)c1C. The molecule has 126 valence electrons. The predicted octanol–water partition coefficient (Wildman–Crippen LogP) is 4.06. The van der Waals surface area contributed by atoms with Crippen LogP contribution in [0.1, 0.15) is 52.7 Å². The molecular formula is C19H26O4. The highest BCUT2D eigenvalue weighted by molar-refractivity contribution is 5.91. The van der Waals surface area contributed by atoms with Crippen molar-refractivity contribution >= 4 is 11.9 Å². The van der Waals surface area contributed by atoms with Crippen LogP contribution in [0.15, 0.2) is 24.8 Å². The number of esters is 2. The second kappa shape index (κ2) is 9.82. The lowest BCUT2D eigenvalue weighted by atomic mass is 10.0. The smallest absolute Gasteiger partial charge is 0.338 e. The minimum atomic E-state index is -0.386. The third-order valence-corrected chi connectivity index (χ3v) is 3.71. The van der Waals surface area contributed by atoms with Crippen LogP contribution in [0.2, 0.25) is 0 Å². The highest BCUT2D eigenvalue weighted by atomic mass is 16.5. The van der Waals surface area contributed by atoms with Gasteiger partial charge in [0.2, 0.25) is 0 Å². The van der Waals surface area contributed by atoms with E-state index in [1.807, 2.05) is 26.8 Å². The van der Waals surface area contributed by atoms with Gasteiger partial charge in [0.05, 0.1) is 18.8 Å². The fraction of sp³-hybridized carbons (Fsp3) is 0.474. The third-order valence-electron chi connectivity index (χ3n) is 3.71. The summed E-state index contributed by atoms with van der Waals surface area (Å²) < 4.78 is 10.2. The van der Waals surface area contributed by atoms with Crippen molar-refractivity contribution in [3.8, 4) is 0 Å². The average molecular weight is 318 g/mol. The Kier molecular flexibility index (Phi) is 8.09. The summed E-state index contributed by atoms with van der Waals surface area (Å²) in [6.07, 6.45) is 4.65. The zero-order chi connectivity index (χ0) is 17.2. The van der Waals surface area contributed by atoms with Crippen molar-refractivity contribution in [2.24, 2.45) is 0 Å². The minimum Gasteiger partial charge on any atom is -0.463 e. The maximum Gasteiger partial charge on any atom is 0.338 e. The molecule has 0 saturated heterocycles. The molecule has 0 amide bonds. The summed E-state index contributed by atoms with van der Waals surface area (Å²) in [4.78, 5) is 23.0. The largest absolute Gasteiger partial charge is 0.463 e. The van der Waals surface area contributed by atoms with Crippen molar-refractivity contribution in [1.82, 2.24) is 0 Å². The van der Waals surface area contributed by atoms with Crippen LogP contribution in [0.25, 0.3) is 0 Å². The summed E-state index contributed by atoms with van der Waals surface area (Å²) in [5.41, 5.74) is 3.80. The molecule has 0 aliphatic heterocycles. The van der Waals surface area contributed by atoms with Gasteiger partial charge in [-0.2, -0.15) is 0 Å². The molecule has 4 nitrogen and oxygen atoms in total. The summed E-state index contributed by atoms with van der Waals surface area (Å²) in [6, 6.07) is 3.93. The fourth-order valence-corrected chi connectivity index (χ4v) is 2.28. The topological polar surface area (TPSA) is 52.6 Å². The van der Waals surface area contributed by atoms with Crippen LogP contribution in [0.4, 0.5) is 0 Å². The Balaban J connectivity index is 2.22. The van der Waals surface area contributed by atoms with Gasteiger partial charge < -0.3 is 9.47 Å². The molecule has 1 aromatic carbocycles. The van der Waals surface area contributed by atoms with Gasteiger partial charge in [-0.3, -0.25) is 0 Å². The number of carbonyl (C=O) groups is 2. The molecule has 0 aliphatic rings. The number of aryl methyl sites for hydroxylation is 2. The third kappa shape index (κ3) is 6.68. The van der Waals surface area contributed by atoms with Crippen molar-refractivity contribution in [3.63, 3.8) is 0 Å². The van der Waals surface area contributed by atoms with E-state index in [-0.39, 0.29) is 11.9 Å². The van der Waals surface area contributed by atoms with E-state index in [4.69, 9.17) is 9.47 Å². The molecular weight excluding hydrogens is 292 g/mol. The normalized spacial score (nSPS) is 10.2. The quantitative estimate of drug-likeness (QED) is 0.391. The highest BCUT2D eigenvalue weighted by Gasteiger charge is 2.12. The summed E-state index contributed by atoms with van der Waals surface area (Å²) >= 11 is 0. The maximum atomic E-state index is 12.1. The second-order valence-electron chi connectivity index (χ2n) is 5.68. The lowest BCUT2D eigenvalue weighted by molar-refractivity contribution is -0.137. The molecule has 0 saturated carbocycles. The molecule has 0 unspecified atom stereocenters. The van der Waals surface area contributed by atoms with Gasteiger partial charge in [-0.05, 0) is 69.2 Å². The molecule has 0 atom stereocenters. The zero-order valence-corrected chi connectivity index (χ0v) is 14.3. The van der Waals surface area contributed by atoms with E-state index in [1.165, 1.54) is 0 Å². The minimum absolute atomic E-state index is 0.255. The van der Waals surface area contributed by atoms with Gasteiger partial charge in [0, 0.05) is 6.08 Å². The first kappa shape index (κ1) is 18.9. The molecule has 0 bridgehead atoms. The van der Waals surface area contributed by atoms with Gasteiger partial charge in [-0.15, -0.1) is 0 Å². The van der Waals surface area contributed by atoms with Crippen LogP contribution >= 0.6 is 0 Å². The predicted molar refractivity (Wildman–Crippen MR) is 90.6 cm³/mol. The highest BCUT2D eigenvalue weighted by Crippen LogP contribution is 2.17. The van der Waals surface area contributed by atoms with E-state index in [1.54, 1.807) is 0 Å². The molecule has 0 aliphatic carbocycles. The zero-order valence-electron chi connectivity index (χ0n) is 14.3. The number of hydrogen-bond acceptors (Lipinski definition) is 4. The number of benzene rings is 1. The van der Waals surface area contributed by atoms with E-state index < -0.39 is 0 Å². The second-order valence-corrected chi connectivity index (χ2v) is 5.68. The Morgan fingerprint density at radius 1 is 1.00 bits per heavy atom. The number of ether oxygens (including phenoxy) is 2. The van der Waals surface area contributed by atoms with Crippen molar-refractivity contribution in [3.05, 3.63) is 47.0 Å². The van der Waals surface area contributed by atoms with Crippen molar-refractivity contribution < 1.29 is 19.1 Å². The van der Waals surface area contributed by atoms with Crippen LogP contribution in [-0.4, -0.2) is 25.2 Å². The van der Waals surface area contributed by atoms with Gasteiger partial charge in [-0.1, -0.05) is 12.6 Å². The lowest BCUT2D eigenvalue weighted by Crippen LogP contribution is -2.09. The molecule has 1 rings (SSSR count). The van der Waals surface area contributed by atoms with Crippen molar-refractivity contribution in [2.75, 3.05) is 13.2 Å². The van der Waals surface area contributed by atoms with E-state index in [0.29, 0.717) is 18.8 Å². The molecule has 0 fully saturated rings. The monoisotopic (exact) mass is 318 g/mol. The van der Waals surface area contributed by atoms with E-state index in [9.17, 15) is 9.59 Å². The molecule has 0 spiro atoms. The number of rotatable bonds is 9. The van der Waals surface area contributed by atoms with Crippen LogP contribution in [0.5, 0.6) is 0 Å². The molecule has 0 N–H and O–H groups in total. The molecule has 0 aromatic heterocycles. The summed E-state index contributed by atoms with van der Waals surface area (Å²) in [6.45, 7) is 10.1. The van der Waals surface area contributed by atoms with Gasteiger partial charge in [0.15, 0.2) is 0 Å². The molecule has 23 heavy (non-hydrogen) atoms. The van der Waals surface area contributed by atoms with Crippen molar-refractivity contribution in [2.45, 2.75) is 46.5 Å². The van der Waals surface area contributed by atoms with Crippen molar-refractivity contribution in [1.29, 1.82) is 0 Å². The Labute approximate surface area is 138 Å². The number of carbonyl (C=O) groups excluding carboxylic acids is 2. The standard InChI is InChI=1S/C19H26O4/c1-5-18(20)22-10-8-6-7-9-11-23-19(21)17-13-14(2)12-15(3)16(17)4/h5,12-13H,1,6-11H2,2-4H3. The Morgan fingerprint density at radius 2 is 1.61 bits per heavy atom. The molecule has 0 heterocycles. The van der Waals surface area contributed by atoms with Gasteiger partial charge in [-0.25, -0.2) is 9.59 Å². The van der Waals surface area contributed by atoms with Gasteiger partial charge in [0.1, 0.15) is 0 Å². The fourth-order valence-electron chi connectivity index (χ4n) is 2.28. The Bertz CT molecular complexity index is 561. The van der Waals surface area contributed by atoms with Crippen LogP contribution in [0, 0.1) is 20.8 Å². The average Bonchev–Trinajstić information content (AvgIpc) is 2.52. The van der Waals surface area contributed by atoms with E-state index in [2.05, 4.69) is 12.6 Å². The molecule has 0 radical (unpaired) electrons. The number of unbranched alkanes of at least 4 members (excludes halogenated alkanes) is 3. The lowest BCUT2D eigenvalue weighted by Gasteiger charge is -2.10. The first-order valence-electron chi connectivity index (χ1n) is 8.00. The molecule has 1 aromatic rings. The summed E-state index contributed by atoms with van der Waals surface area (Å²) in [5, 5.41) is 0. The first-order chi connectivity index (χ1) is 11.0. The Hall–Kier alpha value is -2.10.